The van der Waals surface area contributed by atoms with E-state index in [9.17, 15) is 5.11 Å². The highest BCUT2D eigenvalue weighted by molar-refractivity contribution is 14.0. The second-order valence-corrected chi connectivity index (χ2v) is 6.68. The Morgan fingerprint density at radius 3 is 2.25 bits per heavy atom. The van der Waals surface area contributed by atoms with Crippen molar-refractivity contribution in [2.24, 2.45) is 10.4 Å². The molecule has 28 heavy (non-hydrogen) atoms. The number of aliphatic hydroxyl groups excluding tert-OH is 1. The number of methoxy groups -OCH3 is 1. The summed E-state index contributed by atoms with van der Waals surface area (Å²) in [5, 5.41) is 16.0. The minimum absolute atomic E-state index is 0. The van der Waals surface area contributed by atoms with Gasteiger partial charge >= 0.3 is 0 Å². The maximum absolute atomic E-state index is 9.36. The summed E-state index contributed by atoms with van der Waals surface area (Å²) in [6, 6.07) is 7.61. The first-order chi connectivity index (χ1) is 13.1. The quantitative estimate of drug-likeness (QED) is 0.164. The molecule has 6 nitrogen and oxygen atoms in total. The largest absolute Gasteiger partial charge is 0.497 e. The van der Waals surface area contributed by atoms with E-state index in [-0.39, 0.29) is 36.0 Å². The van der Waals surface area contributed by atoms with Gasteiger partial charge in [-0.25, -0.2) is 0 Å². The summed E-state index contributed by atoms with van der Waals surface area (Å²) in [5.41, 5.74) is 0.0780. The van der Waals surface area contributed by atoms with Crippen LogP contribution in [0.5, 0.6) is 11.5 Å². The number of rotatable bonds is 13. The van der Waals surface area contributed by atoms with Crippen molar-refractivity contribution in [1.82, 2.24) is 10.6 Å². The van der Waals surface area contributed by atoms with E-state index in [0.29, 0.717) is 6.61 Å². The number of ether oxygens (including phenoxy) is 2. The fourth-order valence-corrected chi connectivity index (χ4v) is 2.87. The van der Waals surface area contributed by atoms with E-state index >= 15 is 0 Å². The normalized spacial score (nSPS) is 11.5. The van der Waals surface area contributed by atoms with Crippen LogP contribution in [0.1, 0.15) is 46.5 Å². The van der Waals surface area contributed by atoms with Crippen molar-refractivity contribution in [1.29, 1.82) is 0 Å². The molecule has 0 bridgehead atoms. The standard InChI is InChI=1S/C21H37N3O3.HI/c1-5-21(6-2,13-15-25)17-24-20(22-7-3)23-14-8-16-27-19-11-9-18(26-4)10-12-19;/h9-12,25H,5-8,13-17H2,1-4H3,(H2,22,23,24);1H. The van der Waals surface area contributed by atoms with Crippen molar-refractivity contribution < 1.29 is 14.6 Å². The lowest BCUT2D eigenvalue weighted by Crippen LogP contribution is -2.39. The molecule has 0 unspecified atom stereocenters. The third-order valence-electron chi connectivity index (χ3n) is 5.00. The van der Waals surface area contributed by atoms with E-state index in [1.54, 1.807) is 7.11 Å². The molecule has 3 N–H and O–H groups in total. The van der Waals surface area contributed by atoms with Gasteiger partial charge < -0.3 is 25.2 Å². The summed E-state index contributed by atoms with van der Waals surface area (Å²) >= 11 is 0. The summed E-state index contributed by atoms with van der Waals surface area (Å²) in [6.07, 6.45) is 3.70. The molecule has 0 amide bonds. The smallest absolute Gasteiger partial charge is 0.191 e. The van der Waals surface area contributed by atoms with Crippen molar-refractivity contribution in [2.45, 2.75) is 46.5 Å². The molecule has 0 heterocycles. The van der Waals surface area contributed by atoms with Crippen LogP contribution >= 0.6 is 24.0 Å². The lowest BCUT2D eigenvalue weighted by Gasteiger charge is -2.29. The number of guanidine groups is 1. The highest BCUT2D eigenvalue weighted by Crippen LogP contribution is 2.30. The molecule has 0 spiro atoms. The average molecular weight is 507 g/mol. The first kappa shape index (κ1) is 26.8. The van der Waals surface area contributed by atoms with Gasteiger partial charge in [0.1, 0.15) is 11.5 Å². The van der Waals surface area contributed by atoms with Crippen LogP contribution in [0, 0.1) is 5.41 Å². The molecule has 0 aliphatic carbocycles. The molecule has 1 aromatic rings. The van der Waals surface area contributed by atoms with Gasteiger partial charge in [0.25, 0.3) is 0 Å². The van der Waals surface area contributed by atoms with Crippen LogP contribution in [-0.4, -0.2) is 51.0 Å². The molecular weight excluding hydrogens is 469 g/mol. The first-order valence-electron chi connectivity index (χ1n) is 10.0. The van der Waals surface area contributed by atoms with Crippen LogP contribution in [0.2, 0.25) is 0 Å². The van der Waals surface area contributed by atoms with Crippen LogP contribution < -0.4 is 20.1 Å². The van der Waals surface area contributed by atoms with Crippen LogP contribution in [-0.2, 0) is 0 Å². The predicted octanol–water partition coefficient (Wildman–Crippen LogP) is 3.83. The van der Waals surface area contributed by atoms with Crippen LogP contribution in [0.4, 0.5) is 0 Å². The number of aliphatic hydroxyl groups is 1. The second-order valence-electron chi connectivity index (χ2n) is 6.68. The zero-order chi connectivity index (χ0) is 20.0. The summed E-state index contributed by atoms with van der Waals surface area (Å²) in [6.45, 7) is 9.58. The van der Waals surface area contributed by atoms with Gasteiger partial charge in [-0.1, -0.05) is 13.8 Å². The van der Waals surface area contributed by atoms with E-state index < -0.39 is 0 Å². The molecule has 1 aromatic carbocycles. The highest BCUT2D eigenvalue weighted by atomic mass is 127. The molecule has 162 valence electrons. The minimum Gasteiger partial charge on any atom is -0.497 e. The van der Waals surface area contributed by atoms with Crippen molar-refractivity contribution in [2.75, 3.05) is 40.0 Å². The van der Waals surface area contributed by atoms with Gasteiger partial charge in [-0.05, 0) is 62.3 Å². The third kappa shape index (κ3) is 9.82. The van der Waals surface area contributed by atoms with E-state index in [0.717, 1.165) is 62.8 Å². The fourth-order valence-electron chi connectivity index (χ4n) is 2.87. The van der Waals surface area contributed by atoms with Crippen LogP contribution in [0.3, 0.4) is 0 Å². The summed E-state index contributed by atoms with van der Waals surface area (Å²) < 4.78 is 10.9. The number of hydrogen-bond acceptors (Lipinski definition) is 4. The third-order valence-corrected chi connectivity index (χ3v) is 5.00. The van der Waals surface area contributed by atoms with E-state index in [1.807, 2.05) is 24.3 Å². The monoisotopic (exact) mass is 507 g/mol. The Bertz CT molecular complexity index is 534. The molecule has 0 atom stereocenters. The molecule has 7 heteroatoms. The van der Waals surface area contributed by atoms with Gasteiger partial charge in [0.2, 0.25) is 0 Å². The van der Waals surface area contributed by atoms with E-state index in [4.69, 9.17) is 14.5 Å². The number of aliphatic imine (C=N–C) groups is 1. The lowest BCUT2D eigenvalue weighted by molar-refractivity contribution is 0.175. The maximum Gasteiger partial charge on any atom is 0.191 e. The van der Waals surface area contributed by atoms with Crippen molar-refractivity contribution in [3.8, 4) is 11.5 Å². The van der Waals surface area contributed by atoms with Crippen molar-refractivity contribution in [3.63, 3.8) is 0 Å². The first-order valence-corrected chi connectivity index (χ1v) is 10.0. The zero-order valence-corrected chi connectivity index (χ0v) is 20.1. The molecule has 0 aliphatic heterocycles. The Hall–Kier alpha value is -1.22. The number of benzene rings is 1. The van der Waals surface area contributed by atoms with Crippen LogP contribution in [0.25, 0.3) is 0 Å². The zero-order valence-electron chi connectivity index (χ0n) is 17.8. The van der Waals surface area contributed by atoms with E-state index in [2.05, 4.69) is 31.4 Å². The second kappa shape index (κ2) is 15.7. The average Bonchev–Trinajstić information content (AvgIpc) is 2.71. The highest BCUT2D eigenvalue weighted by Gasteiger charge is 2.25. The molecule has 0 radical (unpaired) electrons. The van der Waals surface area contributed by atoms with Crippen molar-refractivity contribution >= 4 is 29.9 Å². The van der Waals surface area contributed by atoms with Gasteiger partial charge in [0.15, 0.2) is 5.96 Å². The predicted molar refractivity (Wildman–Crippen MR) is 127 cm³/mol. The number of nitrogens with zero attached hydrogens (tertiary/aromatic N) is 1. The van der Waals surface area contributed by atoms with E-state index in [1.165, 1.54) is 0 Å². The number of nitrogens with one attached hydrogen (secondary N) is 2. The Balaban J connectivity index is 0.00000729. The Labute approximate surface area is 187 Å². The molecule has 1 rings (SSSR count). The summed E-state index contributed by atoms with van der Waals surface area (Å²) in [7, 11) is 1.65. The SMILES string of the molecule is CCNC(=NCC(CC)(CC)CCO)NCCCOc1ccc(OC)cc1.I. The molecule has 0 fully saturated rings. The Kier molecular flexibility index (Phi) is 15.0. The fraction of sp³-hybridized carbons (Fsp3) is 0.667. The molecule has 0 aliphatic rings. The van der Waals surface area contributed by atoms with Crippen LogP contribution in [0.15, 0.2) is 29.3 Å². The lowest BCUT2D eigenvalue weighted by atomic mass is 9.79. The summed E-state index contributed by atoms with van der Waals surface area (Å²) in [4.78, 5) is 4.75. The number of halogens is 1. The van der Waals surface area contributed by atoms with Gasteiger partial charge in [-0.3, -0.25) is 4.99 Å². The molecule has 0 aromatic heterocycles. The van der Waals surface area contributed by atoms with Crippen molar-refractivity contribution in [3.05, 3.63) is 24.3 Å². The topological polar surface area (TPSA) is 75.1 Å². The Morgan fingerprint density at radius 1 is 1.07 bits per heavy atom. The van der Waals surface area contributed by atoms with Gasteiger partial charge in [-0.15, -0.1) is 24.0 Å². The van der Waals surface area contributed by atoms with Gasteiger partial charge in [0.05, 0.1) is 13.7 Å². The minimum atomic E-state index is 0. The molecule has 0 saturated carbocycles. The van der Waals surface area contributed by atoms with Gasteiger partial charge in [-0.2, -0.15) is 0 Å². The molecular formula is C21H38IN3O3. The number of hydrogen-bond donors (Lipinski definition) is 3. The maximum atomic E-state index is 9.36. The van der Waals surface area contributed by atoms with Gasteiger partial charge in [0, 0.05) is 26.2 Å². The summed E-state index contributed by atoms with van der Waals surface area (Å²) in [5.74, 6) is 2.49. The Morgan fingerprint density at radius 2 is 1.71 bits per heavy atom. The molecule has 0 saturated heterocycles.